The van der Waals surface area contributed by atoms with E-state index in [2.05, 4.69) is 71.8 Å². The van der Waals surface area contributed by atoms with Gasteiger partial charge in [0, 0.05) is 0 Å². The molecule has 0 fully saturated rings. The van der Waals surface area contributed by atoms with E-state index in [4.69, 9.17) is 0 Å². The Bertz CT molecular complexity index is 860. The minimum absolute atomic E-state index is 0.566. The number of fused-ring (bicyclic) bond motifs is 2. The molecule has 0 saturated heterocycles. The Hall–Kier alpha value is -1.85. The van der Waals surface area contributed by atoms with Gasteiger partial charge in [0.2, 0.25) is 0 Å². The third-order valence-electron chi connectivity index (χ3n) is 3.97. The fourth-order valence-electron chi connectivity index (χ4n) is 2.39. The first-order chi connectivity index (χ1) is 11.5. The van der Waals surface area contributed by atoms with Crippen molar-refractivity contribution in [3.8, 4) is 0 Å². The topological polar surface area (TPSA) is 38.7 Å². The Kier molecular flexibility index (Phi) is 5.21. The van der Waals surface area contributed by atoms with Crippen LogP contribution in [-0.4, -0.2) is 13.7 Å². The molecule has 0 saturated carbocycles. The summed E-state index contributed by atoms with van der Waals surface area (Å²) in [4.78, 5) is 4.24. The second-order valence-corrected chi connectivity index (χ2v) is 7.82. The first-order valence-corrected chi connectivity index (χ1v) is 9.71. The molecular weight excluding hydrogens is 334 g/mol. The van der Waals surface area contributed by atoms with Gasteiger partial charge in [0.1, 0.15) is 11.0 Å². The smallest absolute Gasteiger partial charge is 0.105 e. The van der Waals surface area contributed by atoms with Crippen LogP contribution in [0, 0.1) is 0 Å². The monoisotopic (exact) mass is 355 g/mol. The van der Waals surface area contributed by atoms with Crippen molar-refractivity contribution in [2.24, 2.45) is 0 Å². The molecule has 2 heterocycles. The van der Waals surface area contributed by atoms with E-state index in [1.54, 1.807) is 11.3 Å². The average molecular weight is 356 g/mol. The van der Waals surface area contributed by atoms with Crippen molar-refractivity contribution in [3.63, 3.8) is 0 Å². The molecule has 0 bridgehead atoms. The summed E-state index contributed by atoms with van der Waals surface area (Å²) in [7, 11) is 0. The quantitative estimate of drug-likeness (QED) is 0.427. The van der Waals surface area contributed by atoms with Crippen molar-refractivity contribution in [2.45, 2.75) is 39.5 Å². The van der Waals surface area contributed by atoms with Gasteiger partial charge in [-0.25, -0.2) is 4.98 Å². The molecule has 0 aliphatic carbocycles. The summed E-state index contributed by atoms with van der Waals surface area (Å²) in [5, 5.41) is 0. The molecule has 0 N–H and O–H groups in total. The summed E-state index contributed by atoms with van der Waals surface area (Å²) in [5.41, 5.74) is 7.76. The van der Waals surface area contributed by atoms with Crippen LogP contribution in [-0.2, 0) is 0 Å². The molecule has 0 aliphatic rings. The van der Waals surface area contributed by atoms with Crippen molar-refractivity contribution in [1.29, 1.82) is 0 Å². The van der Waals surface area contributed by atoms with E-state index in [0.717, 1.165) is 16.6 Å². The third-order valence-corrected chi connectivity index (χ3v) is 5.31. The van der Waals surface area contributed by atoms with Crippen LogP contribution in [0.5, 0.6) is 0 Å². The lowest BCUT2D eigenvalue weighted by molar-refractivity contribution is 0.868. The highest BCUT2D eigenvalue weighted by molar-refractivity contribution is 7.16. The molecule has 0 radical (unpaired) electrons. The molecule has 4 aromatic rings. The van der Waals surface area contributed by atoms with Gasteiger partial charge in [-0.05, 0) is 47.2 Å². The molecular formula is C19H21N3S2. The van der Waals surface area contributed by atoms with Gasteiger partial charge in [-0.15, -0.1) is 11.3 Å². The number of hydrogen-bond donors (Lipinski definition) is 0. The molecule has 0 spiro atoms. The van der Waals surface area contributed by atoms with E-state index in [0.29, 0.717) is 11.8 Å². The maximum absolute atomic E-state index is 4.24. The number of thiazole rings is 1. The molecule has 0 unspecified atom stereocenters. The fraction of sp³-hybridized carbons (Fsp3) is 0.316. The minimum atomic E-state index is 0.566. The Labute approximate surface area is 150 Å². The van der Waals surface area contributed by atoms with Gasteiger partial charge in [0.15, 0.2) is 0 Å². The highest BCUT2D eigenvalue weighted by atomic mass is 32.1. The predicted molar refractivity (Wildman–Crippen MR) is 105 cm³/mol. The lowest BCUT2D eigenvalue weighted by atomic mass is 10.0. The van der Waals surface area contributed by atoms with Crippen molar-refractivity contribution in [1.82, 2.24) is 13.7 Å². The van der Waals surface area contributed by atoms with Crippen LogP contribution < -0.4 is 0 Å². The van der Waals surface area contributed by atoms with Crippen LogP contribution in [0.25, 0.3) is 21.3 Å². The van der Waals surface area contributed by atoms with Gasteiger partial charge >= 0.3 is 0 Å². The second kappa shape index (κ2) is 7.36. The fourth-order valence-corrected chi connectivity index (χ4v) is 3.63. The maximum Gasteiger partial charge on any atom is 0.105 e. The van der Waals surface area contributed by atoms with E-state index in [1.165, 1.54) is 27.6 Å². The average Bonchev–Trinajstić information content (AvgIpc) is 3.22. The third kappa shape index (κ3) is 3.79. The van der Waals surface area contributed by atoms with Gasteiger partial charge in [0.05, 0.1) is 27.5 Å². The Morgan fingerprint density at radius 3 is 2.08 bits per heavy atom. The summed E-state index contributed by atoms with van der Waals surface area (Å²) in [5.74, 6) is 1.17. The Morgan fingerprint density at radius 2 is 1.38 bits per heavy atom. The molecule has 2 aromatic heterocycles. The van der Waals surface area contributed by atoms with Crippen molar-refractivity contribution in [2.75, 3.05) is 0 Å². The highest BCUT2D eigenvalue weighted by Gasteiger charge is 2.02. The van der Waals surface area contributed by atoms with Crippen LogP contribution in [0.1, 0.15) is 50.7 Å². The lowest BCUT2D eigenvalue weighted by Gasteiger charge is -2.03. The molecule has 0 amide bonds. The summed E-state index contributed by atoms with van der Waals surface area (Å²) in [6.07, 6.45) is 0. The molecule has 2 aromatic carbocycles. The van der Waals surface area contributed by atoms with Crippen LogP contribution in [0.3, 0.4) is 0 Å². The number of hydrogen-bond acceptors (Lipinski definition) is 5. The molecule has 3 nitrogen and oxygen atoms in total. The van der Waals surface area contributed by atoms with Crippen LogP contribution in [0.4, 0.5) is 0 Å². The summed E-state index contributed by atoms with van der Waals surface area (Å²) in [6, 6.07) is 12.8. The minimum Gasteiger partial charge on any atom is -0.245 e. The number of nitrogens with zero attached hydrogens (tertiary/aromatic N) is 3. The predicted octanol–water partition coefficient (Wildman–Crippen LogP) is 6.23. The summed E-state index contributed by atoms with van der Waals surface area (Å²) in [6.45, 7) is 8.78. The first kappa shape index (κ1) is 17.0. The van der Waals surface area contributed by atoms with Gasteiger partial charge in [-0.1, -0.05) is 39.8 Å². The van der Waals surface area contributed by atoms with E-state index >= 15 is 0 Å². The van der Waals surface area contributed by atoms with E-state index in [1.807, 2.05) is 11.6 Å². The second-order valence-electron chi connectivity index (χ2n) is 6.40. The zero-order valence-electron chi connectivity index (χ0n) is 14.4. The molecule has 5 heteroatoms. The van der Waals surface area contributed by atoms with Gasteiger partial charge in [-0.2, -0.15) is 8.75 Å². The van der Waals surface area contributed by atoms with Crippen LogP contribution >= 0.6 is 23.1 Å². The Balaban J connectivity index is 0.000000141. The van der Waals surface area contributed by atoms with E-state index < -0.39 is 0 Å². The standard InChI is InChI=1S/C10H11NS.C9H10N2S/c1-7(2)8-3-4-9-10(5-8)12-6-11-9;1-6(2)7-3-4-8-9(5-7)11-12-10-8/h3-7H,1-2H3;3-6H,1-2H3. The first-order valence-electron chi connectivity index (χ1n) is 8.10. The summed E-state index contributed by atoms with van der Waals surface area (Å²) < 4.78 is 9.63. The zero-order valence-corrected chi connectivity index (χ0v) is 16.0. The van der Waals surface area contributed by atoms with Gasteiger partial charge < -0.3 is 0 Å². The number of rotatable bonds is 2. The largest absolute Gasteiger partial charge is 0.245 e. The molecule has 0 aliphatic heterocycles. The van der Waals surface area contributed by atoms with Crippen molar-refractivity contribution >= 4 is 44.3 Å². The zero-order chi connectivity index (χ0) is 17.1. The lowest BCUT2D eigenvalue weighted by Crippen LogP contribution is -1.85. The van der Waals surface area contributed by atoms with Crippen LogP contribution in [0.2, 0.25) is 0 Å². The maximum atomic E-state index is 4.24. The van der Waals surface area contributed by atoms with Crippen LogP contribution in [0.15, 0.2) is 41.9 Å². The summed E-state index contributed by atoms with van der Waals surface area (Å²) >= 11 is 2.98. The van der Waals surface area contributed by atoms with Gasteiger partial charge in [-0.3, -0.25) is 0 Å². The number of benzene rings is 2. The Morgan fingerprint density at radius 1 is 0.750 bits per heavy atom. The molecule has 24 heavy (non-hydrogen) atoms. The SMILES string of the molecule is CC(C)c1ccc2ncsc2c1.CC(C)c1ccc2nsnc2c1. The van der Waals surface area contributed by atoms with Crippen molar-refractivity contribution < 1.29 is 0 Å². The van der Waals surface area contributed by atoms with Crippen molar-refractivity contribution in [3.05, 3.63) is 53.0 Å². The van der Waals surface area contributed by atoms with Gasteiger partial charge in [0.25, 0.3) is 0 Å². The highest BCUT2D eigenvalue weighted by Crippen LogP contribution is 2.23. The molecule has 124 valence electrons. The molecule has 0 atom stereocenters. The van der Waals surface area contributed by atoms with E-state index in [-0.39, 0.29) is 0 Å². The molecule has 4 rings (SSSR count). The normalized spacial score (nSPS) is 11.2. The number of aromatic nitrogens is 3. The van der Waals surface area contributed by atoms with E-state index in [9.17, 15) is 0 Å².